The number of nitrogens with two attached hydrogens (primary N) is 1. The zero-order valence-electron chi connectivity index (χ0n) is 7.78. The van der Waals surface area contributed by atoms with Crippen molar-refractivity contribution < 1.29 is 10.2 Å². The number of hydrogen-bond acceptors (Lipinski definition) is 7. The van der Waals surface area contributed by atoms with Crippen molar-refractivity contribution in [2.45, 2.75) is 12.6 Å². The number of aromatic nitrogens is 5. The number of hydrogen-bond donors (Lipinski definition) is 3. The average Bonchev–Trinajstić information content (AvgIpc) is 2.62. The molecule has 0 saturated carbocycles. The molecule has 2 rings (SSSR count). The second-order valence-corrected chi connectivity index (χ2v) is 3.02. The Hall–Kier alpha value is -1.80. The Bertz CT molecular complexity index is 469. The van der Waals surface area contributed by atoms with Crippen LogP contribution in [0.5, 0.6) is 0 Å². The van der Waals surface area contributed by atoms with Crippen molar-refractivity contribution in [3.05, 3.63) is 6.33 Å². The third-order valence-electron chi connectivity index (χ3n) is 1.84. The zero-order chi connectivity index (χ0) is 10.8. The maximum atomic E-state index is 9.19. The van der Waals surface area contributed by atoms with Gasteiger partial charge in [0.1, 0.15) is 6.33 Å². The topological polar surface area (TPSA) is 123 Å². The quantitative estimate of drug-likeness (QED) is 0.543. The molecule has 0 aliphatic rings. The predicted molar refractivity (Wildman–Crippen MR) is 50.6 cm³/mol. The van der Waals surface area contributed by atoms with Crippen LogP contribution >= 0.6 is 0 Å². The molecule has 1 atom stereocenters. The molecule has 15 heavy (non-hydrogen) atoms. The Morgan fingerprint density at radius 1 is 1.40 bits per heavy atom. The highest BCUT2D eigenvalue weighted by Gasteiger charge is 2.10. The van der Waals surface area contributed by atoms with E-state index in [1.165, 1.54) is 11.1 Å². The number of nitrogen functional groups attached to an aromatic ring is 1. The first kappa shape index (κ1) is 9.74. The Kier molecular flexibility index (Phi) is 2.44. The monoisotopic (exact) mass is 210 g/mol. The zero-order valence-corrected chi connectivity index (χ0v) is 7.78. The fourth-order valence-electron chi connectivity index (χ4n) is 1.13. The van der Waals surface area contributed by atoms with Crippen molar-refractivity contribution in [2.24, 2.45) is 0 Å². The van der Waals surface area contributed by atoms with Crippen molar-refractivity contribution in [3.63, 3.8) is 0 Å². The average molecular weight is 210 g/mol. The van der Waals surface area contributed by atoms with Crippen molar-refractivity contribution in [2.75, 3.05) is 12.3 Å². The molecule has 0 fully saturated rings. The van der Waals surface area contributed by atoms with E-state index < -0.39 is 6.10 Å². The normalized spacial score (nSPS) is 13.2. The molecular formula is C7H10N6O2. The minimum Gasteiger partial charge on any atom is -0.394 e. The van der Waals surface area contributed by atoms with E-state index in [0.29, 0.717) is 11.2 Å². The molecule has 0 bridgehead atoms. The van der Waals surface area contributed by atoms with Crippen LogP contribution in [0.15, 0.2) is 6.33 Å². The summed E-state index contributed by atoms with van der Waals surface area (Å²) in [7, 11) is 0. The van der Waals surface area contributed by atoms with Crippen LogP contribution in [-0.2, 0) is 6.54 Å². The molecule has 0 spiro atoms. The Morgan fingerprint density at radius 3 is 2.87 bits per heavy atom. The fraction of sp³-hybridized carbons (Fsp3) is 0.429. The van der Waals surface area contributed by atoms with E-state index in [1.54, 1.807) is 0 Å². The number of rotatable bonds is 3. The van der Waals surface area contributed by atoms with Crippen molar-refractivity contribution in [3.8, 4) is 0 Å². The summed E-state index contributed by atoms with van der Waals surface area (Å²) in [4.78, 5) is 8.86. The molecule has 0 saturated heterocycles. The van der Waals surface area contributed by atoms with Crippen LogP contribution in [0, 0.1) is 0 Å². The summed E-state index contributed by atoms with van der Waals surface area (Å²) >= 11 is 0. The molecule has 2 aromatic heterocycles. The fourth-order valence-corrected chi connectivity index (χ4v) is 1.13. The Balaban J connectivity index is 2.35. The van der Waals surface area contributed by atoms with Crippen molar-refractivity contribution in [1.82, 2.24) is 25.0 Å². The van der Waals surface area contributed by atoms with Gasteiger partial charge in [-0.3, -0.25) is 0 Å². The molecule has 0 aromatic carbocycles. The summed E-state index contributed by atoms with van der Waals surface area (Å²) in [6, 6.07) is 0. The van der Waals surface area contributed by atoms with Crippen LogP contribution < -0.4 is 5.73 Å². The first-order valence-electron chi connectivity index (χ1n) is 4.31. The van der Waals surface area contributed by atoms with Gasteiger partial charge in [-0.15, -0.1) is 10.2 Å². The van der Waals surface area contributed by atoms with Gasteiger partial charge in [0.25, 0.3) is 0 Å². The van der Waals surface area contributed by atoms with Gasteiger partial charge in [0.15, 0.2) is 11.3 Å². The van der Waals surface area contributed by atoms with Crippen LogP contribution in [0.4, 0.5) is 5.82 Å². The molecule has 80 valence electrons. The smallest absolute Gasteiger partial charge is 0.207 e. The lowest BCUT2D eigenvalue weighted by atomic mass is 10.4. The van der Waals surface area contributed by atoms with E-state index in [2.05, 4.69) is 20.2 Å². The Morgan fingerprint density at radius 2 is 2.20 bits per heavy atom. The van der Waals surface area contributed by atoms with Crippen LogP contribution in [0.25, 0.3) is 11.2 Å². The van der Waals surface area contributed by atoms with E-state index in [-0.39, 0.29) is 19.0 Å². The minimum atomic E-state index is -0.902. The SMILES string of the molecule is Nc1ncnc2nn(C[C@H](O)CO)nc12. The molecule has 4 N–H and O–H groups in total. The van der Waals surface area contributed by atoms with E-state index >= 15 is 0 Å². The third-order valence-corrected chi connectivity index (χ3v) is 1.84. The predicted octanol–water partition coefficient (Wildman–Crippen LogP) is -1.84. The molecule has 0 amide bonds. The second kappa shape index (κ2) is 3.75. The minimum absolute atomic E-state index is 0.0896. The molecule has 8 nitrogen and oxygen atoms in total. The number of aliphatic hydroxyl groups excluding tert-OH is 2. The van der Waals surface area contributed by atoms with Gasteiger partial charge in [-0.2, -0.15) is 4.80 Å². The largest absolute Gasteiger partial charge is 0.394 e. The highest BCUT2D eigenvalue weighted by molar-refractivity contribution is 5.79. The van der Waals surface area contributed by atoms with Crippen LogP contribution in [0.1, 0.15) is 0 Å². The summed E-state index contributed by atoms with van der Waals surface area (Å²) in [6.45, 7) is -0.259. The molecule has 0 radical (unpaired) electrons. The van der Waals surface area contributed by atoms with Crippen LogP contribution in [0.3, 0.4) is 0 Å². The highest BCUT2D eigenvalue weighted by atomic mass is 16.3. The number of nitrogens with zero attached hydrogens (tertiary/aromatic N) is 5. The van der Waals surface area contributed by atoms with Crippen LogP contribution in [-0.4, -0.2) is 47.9 Å². The molecule has 0 unspecified atom stereocenters. The molecule has 0 aliphatic heterocycles. The van der Waals surface area contributed by atoms with E-state index in [1.807, 2.05) is 0 Å². The van der Waals surface area contributed by atoms with E-state index in [0.717, 1.165) is 0 Å². The van der Waals surface area contributed by atoms with Crippen molar-refractivity contribution >= 4 is 17.0 Å². The molecule has 2 heterocycles. The lowest BCUT2D eigenvalue weighted by molar-refractivity contribution is 0.0749. The highest BCUT2D eigenvalue weighted by Crippen LogP contribution is 2.10. The van der Waals surface area contributed by atoms with Gasteiger partial charge in [0, 0.05) is 0 Å². The summed E-state index contributed by atoms with van der Waals surface area (Å²) in [5.41, 5.74) is 6.31. The second-order valence-electron chi connectivity index (χ2n) is 3.02. The first-order chi connectivity index (χ1) is 7.20. The molecule has 0 aliphatic carbocycles. The molecular weight excluding hydrogens is 200 g/mol. The summed E-state index contributed by atoms with van der Waals surface area (Å²) in [5, 5.41) is 25.8. The number of aliphatic hydroxyl groups is 2. The van der Waals surface area contributed by atoms with Gasteiger partial charge in [-0.1, -0.05) is 0 Å². The van der Waals surface area contributed by atoms with E-state index in [4.69, 9.17) is 10.8 Å². The lowest BCUT2D eigenvalue weighted by Crippen LogP contribution is -2.21. The maximum Gasteiger partial charge on any atom is 0.207 e. The number of anilines is 1. The summed E-state index contributed by atoms with van der Waals surface area (Å²) in [5.74, 6) is 0.240. The summed E-state index contributed by atoms with van der Waals surface area (Å²) in [6.07, 6.45) is 0.389. The first-order valence-corrected chi connectivity index (χ1v) is 4.31. The Labute approximate surface area is 84.4 Å². The third kappa shape index (κ3) is 1.85. The van der Waals surface area contributed by atoms with Gasteiger partial charge < -0.3 is 15.9 Å². The van der Waals surface area contributed by atoms with Crippen LogP contribution in [0.2, 0.25) is 0 Å². The molecule has 2 aromatic rings. The van der Waals surface area contributed by atoms with Gasteiger partial charge in [-0.05, 0) is 0 Å². The number of fused-ring (bicyclic) bond motifs is 1. The van der Waals surface area contributed by atoms with Gasteiger partial charge in [0.05, 0.1) is 19.3 Å². The van der Waals surface area contributed by atoms with E-state index in [9.17, 15) is 5.11 Å². The van der Waals surface area contributed by atoms with Gasteiger partial charge in [-0.25, -0.2) is 9.97 Å². The van der Waals surface area contributed by atoms with Gasteiger partial charge in [0.2, 0.25) is 5.65 Å². The maximum absolute atomic E-state index is 9.19. The van der Waals surface area contributed by atoms with Gasteiger partial charge >= 0.3 is 0 Å². The van der Waals surface area contributed by atoms with Crippen molar-refractivity contribution in [1.29, 1.82) is 0 Å². The summed E-state index contributed by atoms with van der Waals surface area (Å²) < 4.78 is 0. The lowest BCUT2D eigenvalue weighted by Gasteiger charge is -2.03. The molecule has 8 heteroatoms. The standard InChI is InChI=1S/C7H10N6O2/c8-6-5-7(10-3-9-6)12-13(11-5)1-4(15)2-14/h3-4,14-15H,1-2H2,(H2,8,9,10,12)/t4-/m0/s1.